The number of para-hydroxylation sites is 2. The van der Waals surface area contributed by atoms with Gasteiger partial charge in [0.1, 0.15) is 0 Å². The third kappa shape index (κ3) is 4.37. The van der Waals surface area contributed by atoms with Crippen LogP contribution < -0.4 is 10.2 Å². The fourth-order valence-electron chi connectivity index (χ4n) is 6.51. The number of hydrogen-bond acceptors (Lipinski definition) is 2. The highest BCUT2D eigenvalue weighted by molar-refractivity contribution is 6.10. The van der Waals surface area contributed by atoms with Gasteiger partial charge >= 0.3 is 0 Å². The van der Waals surface area contributed by atoms with Gasteiger partial charge in [-0.25, -0.2) is 0 Å². The first-order chi connectivity index (χ1) is 23.9. The summed E-state index contributed by atoms with van der Waals surface area (Å²) in [5.41, 5.74) is 11.2. The van der Waals surface area contributed by atoms with E-state index in [-0.39, 0.29) is 24.2 Å². The van der Waals surface area contributed by atoms with Gasteiger partial charge in [0.25, 0.3) is 0 Å². The lowest BCUT2D eigenvalue weighted by Crippen LogP contribution is -2.10. The van der Waals surface area contributed by atoms with E-state index in [9.17, 15) is 0 Å². The Bertz CT molecular complexity index is 2500. The fraction of sp³-hybridized carbons (Fsp3) is 0. The van der Waals surface area contributed by atoms with Crippen molar-refractivity contribution in [3.8, 4) is 27.9 Å². The molecule has 8 aromatic rings. The molecule has 45 heavy (non-hydrogen) atoms. The molecule has 0 radical (unpaired) electrons. The van der Waals surface area contributed by atoms with Gasteiger partial charge in [0, 0.05) is 44.9 Å². The van der Waals surface area contributed by atoms with E-state index in [0.717, 1.165) is 67.3 Å². The first kappa shape index (κ1) is 21.6. The van der Waals surface area contributed by atoms with Crippen LogP contribution in [0.2, 0.25) is 0 Å². The van der Waals surface area contributed by atoms with Crippen molar-refractivity contribution in [3.05, 3.63) is 170 Å². The van der Waals surface area contributed by atoms with Gasteiger partial charge in [0.15, 0.2) is 0 Å². The van der Waals surface area contributed by atoms with Crippen molar-refractivity contribution in [3.63, 3.8) is 0 Å². The van der Waals surface area contributed by atoms with E-state index in [1.165, 1.54) is 0 Å². The van der Waals surface area contributed by atoms with E-state index >= 15 is 0 Å². The van der Waals surface area contributed by atoms with Crippen LogP contribution in [0.4, 0.5) is 28.4 Å². The molecule has 2 heterocycles. The SMILES string of the molecule is [2H]c1c([2H])c([2H])c2c(c1[2H])c1cc(N3c4cccc(c4)-c4cccc(c4)Nc4cccc(c4)-c4cccc3c4)ccc1n2-c1ccccc1. The van der Waals surface area contributed by atoms with Crippen LogP contribution in [0.5, 0.6) is 0 Å². The fourth-order valence-corrected chi connectivity index (χ4v) is 6.51. The average molecular weight is 580 g/mol. The van der Waals surface area contributed by atoms with Gasteiger partial charge in [0.2, 0.25) is 0 Å². The Kier molecular flexibility index (Phi) is 4.94. The second-order valence-corrected chi connectivity index (χ2v) is 11.3. The standard InChI is InChI=1S/C42H29N3/c1-2-16-35(17-3-1)45-41-21-5-4-20-39(41)40-28-38(22-23-42(40)45)44-36-18-8-12-31(26-36)29-10-6-14-33(24-29)43-34-15-7-11-30(25-34)32-13-9-19-37(44)27-32/h1-28,43H/i4D,5D,20D,21D. The van der Waals surface area contributed by atoms with Crippen molar-refractivity contribution in [2.75, 3.05) is 10.2 Å². The van der Waals surface area contributed by atoms with Gasteiger partial charge in [-0.15, -0.1) is 0 Å². The summed E-state index contributed by atoms with van der Waals surface area (Å²) in [6.07, 6.45) is 0. The second-order valence-electron chi connectivity index (χ2n) is 11.3. The minimum absolute atomic E-state index is 0.0498. The Morgan fingerprint density at radius 2 is 0.978 bits per heavy atom. The summed E-state index contributed by atoms with van der Waals surface area (Å²) in [6, 6.07) is 49.2. The van der Waals surface area contributed by atoms with Crippen LogP contribution >= 0.6 is 0 Å². The molecule has 0 unspecified atom stereocenters. The summed E-state index contributed by atoms with van der Waals surface area (Å²) < 4.78 is 37.0. The number of benzene rings is 7. The van der Waals surface area contributed by atoms with Gasteiger partial charge in [-0.3, -0.25) is 0 Å². The number of hydrogen-bond donors (Lipinski definition) is 1. The zero-order valence-electron chi connectivity index (χ0n) is 28.3. The van der Waals surface area contributed by atoms with Crippen LogP contribution in [0.1, 0.15) is 5.48 Å². The molecule has 3 heteroatoms. The van der Waals surface area contributed by atoms with Gasteiger partial charge in [-0.1, -0.05) is 84.9 Å². The van der Waals surface area contributed by atoms with E-state index in [4.69, 9.17) is 5.48 Å². The summed E-state index contributed by atoms with van der Waals surface area (Å²) in [5, 5.41) is 4.83. The van der Waals surface area contributed by atoms with Crippen LogP contribution in [0.25, 0.3) is 49.7 Å². The Morgan fingerprint density at radius 3 is 1.64 bits per heavy atom. The average Bonchev–Trinajstić information content (AvgIpc) is 3.48. The number of anilines is 5. The summed E-state index contributed by atoms with van der Waals surface area (Å²) in [7, 11) is 0. The van der Waals surface area contributed by atoms with Crippen molar-refractivity contribution in [1.82, 2.24) is 4.57 Å². The second kappa shape index (κ2) is 10.3. The van der Waals surface area contributed by atoms with Crippen molar-refractivity contribution in [1.29, 1.82) is 0 Å². The van der Waals surface area contributed by atoms with E-state index < -0.39 is 0 Å². The molecular weight excluding hydrogens is 546 g/mol. The van der Waals surface area contributed by atoms with E-state index in [2.05, 4.69) is 119 Å². The maximum atomic E-state index is 9.04. The number of fused-ring (bicyclic) bond motifs is 13. The van der Waals surface area contributed by atoms with E-state index in [1.807, 2.05) is 41.0 Å². The normalized spacial score (nSPS) is 13.4. The van der Waals surface area contributed by atoms with Gasteiger partial charge in [-0.05, 0) is 107 Å². The predicted octanol–water partition coefficient (Wildman–Crippen LogP) is 11.6. The van der Waals surface area contributed by atoms with Crippen molar-refractivity contribution >= 4 is 50.2 Å². The molecule has 9 rings (SSSR count). The lowest BCUT2D eigenvalue weighted by Gasteiger charge is -2.27. The van der Waals surface area contributed by atoms with Crippen molar-refractivity contribution in [2.24, 2.45) is 0 Å². The highest BCUT2D eigenvalue weighted by atomic mass is 15.1. The monoisotopic (exact) mass is 579 g/mol. The maximum Gasteiger partial charge on any atom is 0.0645 e. The van der Waals surface area contributed by atoms with E-state index in [0.29, 0.717) is 10.9 Å². The summed E-state index contributed by atoms with van der Waals surface area (Å²) >= 11 is 0. The van der Waals surface area contributed by atoms with E-state index in [1.54, 1.807) is 0 Å². The minimum Gasteiger partial charge on any atom is -0.355 e. The van der Waals surface area contributed by atoms with Crippen LogP contribution in [0, 0.1) is 0 Å². The number of rotatable bonds is 2. The molecule has 7 aromatic carbocycles. The highest BCUT2D eigenvalue weighted by Crippen LogP contribution is 2.42. The summed E-state index contributed by atoms with van der Waals surface area (Å²) in [4.78, 5) is 2.22. The third-order valence-electron chi connectivity index (χ3n) is 8.54. The molecule has 212 valence electrons. The molecule has 1 aliphatic rings. The summed E-state index contributed by atoms with van der Waals surface area (Å²) in [5.74, 6) is 0. The van der Waals surface area contributed by atoms with Crippen LogP contribution in [0.3, 0.4) is 0 Å². The zero-order chi connectivity index (χ0) is 33.2. The predicted molar refractivity (Wildman–Crippen MR) is 190 cm³/mol. The van der Waals surface area contributed by atoms with Gasteiger partial charge < -0.3 is 14.8 Å². The topological polar surface area (TPSA) is 20.2 Å². The Balaban J connectivity index is 1.34. The Hall–Kier alpha value is -6.06. The van der Waals surface area contributed by atoms with Crippen molar-refractivity contribution in [2.45, 2.75) is 0 Å². The molecule has 1 N–H and O–H groups in total. The van der Waals surface area contributed by atoms with Gasteiger partial charge in [-0.2, -0.15) is 0 Å². The molecule has 0 saturated carbocycles. The van der Waals surface area contributed by atoms with Gasteiger partial charge in [0.05, 0.1) is 16.5 Å². The quantitative estimate of drug-likeness (QED) is 0.220. The van der Waals surface area contributed by atoms with Crippen LogP contribution in [0.15, 0.2) is 170 Å². The molecule has 1 aromatic heterocycles. The third-order valence-corrected chi connectivity index (χ3v) is 8.54. The molecule has 0 amide bonds. The number of aromatic nitrogens is 1. The molecule has 3 nitrogen and oxygen atoms in total. The smallest absolute Gasteiger partial charge is 0.0645 e. The van der Waals surface area contributed by atoms with Crippen LogP contribution in [-0.4, -0.2) is 4.57 Å². The molecular formula is C42H29N3. The molecule has 0 spiro atoms. The molecule has 0 fully saturated rings. The van der Waals surface area contributed by atoms with Crippen LogP contribution in [-0.2, 0) is 0 Å². The first-order valence-electron chi connectivity index (χ1n) is 17.0. The molecule has 0 saturated heterocycles. The Labute approximate surface area is 267 Å². The highest BCUT2D eigenvalue weighted by Gasteiger charge is 2.18. The largest absolute Gasteiger partial charge is 0.355 e. The molecule has 1 aliphatic heterocycles. The molecule has 0 atom stereocenters. The molecule has 8 bridgehead atoms. The molecule has 0 aliphatic carbocycles. The lowest BCUT2D eigenvalue weighted by molar-refractivity contribution is 1.18. The lowest BCUT2D eigenvalue weighted by atomic mass is 10.0. The Morgan fingerprint density at radius 1 is 0.422 bits per heavy atom. The van der Waals surface area contributed by atoms with Crippen molar-refractivity contribution < 1.29 is 5.48 Å². The maximum absolute atomic E-state index is 9.04. The minimum atomic E-state index is -0.246. The first-order valence-corrected chi connectivity index (χ1v) is 15.0. The number of nitrogens with one attached hydrogen (secondary N) is 1. The zero-order valence-corrected chi connectivity index (χ0v) is 24.3. The number of nitrogens with zero attached hydrogens (tertiary/aromatic N) is 2. The summed E-state index contributed by atoms with van der Waals surface area (Å²) in [6.45, 7) is 0.